The zero-order chi connectivity index (χ0) is 12.2. The molecule has 16 heavy (non-hydrogen) atoms. The number of methoxy groups -OCH3 is 1. The van der Waals surface area contributed by atoms with E-state index in [0.29, 0.717) is 13.0 Å². The van der Waals surface area contributed by atoms with Crippen molar-refractivity contribution in [2.24, 2.45) is 5.73 Å². The van der Waals surface area contributed by atoms with E-state index in [1.807, 2.05) is 31.2 Å². The summed E-state index contributed by atoms with van der Waals surface area (Å²) >= 11 is 3.38. The number of carbonyl (C=O) groups excluding carboxylic acids is 1. The zero-order valence-corrected chi connectivity index (χ0v) is 11.1. The number of halogens is 1. The van der Waals surface area contributed by atoms with Crippen LogP contribution in [0.1, 0.15) is 18.9 Å². The largest absolute Gasteiger partial charge is 0.469 e. The summed E-state index contributed by atoms with van der Waals surface area (Å²) in [6, 6.07) is 7.83. The van der Waals surface area contributed by atoms with E-state index in [-0.39, 0.29) is 11.4 Å². The average molecular weight is 286 g/mol. The van der Waals surface area contributed by atoms with Gasteiger partial charge in [0.15, 0.2) is 0 Å². The molecule has 0 aliphatic heterocycles. The first-order valence-electron chi connectivity index (χ1n) is 5.05. The molecule has 3 nitrogen and oxygen atoms in total. The normalized spacial score (nSPS) is 14.2. The first-order chi connectivity index (χ1) is 7.51. The molecule has 0 amide bonds. The monoisotopic (exact) mass is 285 g/mol. The maximum atomic E-state index is 11.3. The van der Waals surface area contributed by atoms with Crippen LogP contribution in [0.2, 0.25) is 0 Å². The van der Waals surface area contributed by atoms with Crippen molar-refractivity contribution in [3.63, 3.8) is 0 Å². The summed E-state index contributed by atoms with van der Waals surface area (Å²) in [6.07, 6.45) is 0.293. The summed E-state index contributed by atoms with van der Waals surface area (Å²) in [5.74, 6) is -0.240. The van der Waals surface area contributed by atoms with Gasteiger partial charge >= 0.3 is 5.97 Å². The Morgan fingerprint density at radius 3 is 2.44 bits per heavy atom. The molecule has 0 saturated carbocycles. The standard InChI is InChI=1S/C12H16BrNO2/c1-12(8-14,7-11(15)16-2)9-3-5-10(13)6-4-9/h3-6H,7-8,14H2,1-2H3. The fourth-order valence-electron chi connectivity index (χ4n) is 1.54. The lowest BCUT2D eigenvalue weighted by Gasteiger charge is -2.27. The van der Waals surface area contributed by atoms with Gasteiger partial charge in [0, 0.05) is 16.4 Å². The fraction of sp³-hybridized carbons (Fsp3) is 0.417. The Hall–Kier alpha value is -0.870. The van der Waals surface area contributed by atoms with E-state index in [1.165, 1.54) is 7.11 Å². The summed E-state index contributed by atoms with van der Waals surface area (Å²) < 4.78 is 5.70. The molecule has 0 fully saturated rings. The lowest BCUT2D eigenvalue weighted by atomic mass is 9.79. The predicted octanol–water partition coefficient (Wildman–Crippen LogP) is 2.23. The smallest absolute Gasteiger partial charge is 0.306 e. The first-order valence-corrected chi connectivity index (χ1v) is 5.84. The summed E-state index contributed by atoms with van der Waals surface area (Å²) in [4.78, 5) is 11.3. The van der Waals surface area contributed by atoms with Crippen LogP contribution < -0.4 is 5.73 Å². The minimum Gasteiger partial charge on any atom is -0.469 e. The van der Waals surface area contributed by atoms with Crippen molar-refractivity contribution in [1.82, 2.24) is 0 Å². The van der Waals surface area contributed by atoms with E-state index in [9.17, 15) is 4.79 Å². The molecule has 0 heterocycles. The quantitative estimate of drug-likeness (QED) is 0.863. The predicted molar refractivity (Wildman–Crippen MR) is 67.2 cm³/mol. The van der Waals surface area contributed by atoms with Crippen molar-refractivity contribution >= 4 is 21.9 Å². The van der Waals surface area contributed by atoms with Crippen LogP contribution in [-0.2, 0) is 14.9 Å². The molecule has 1 rings (SSSR count). The van der Waals surface area contributed by atoms with Crippen LogP contribution in [0.25, 0.3) is 0 Å². The van der Waals surface area contributed by atoms with Crippen LogP contribution >= 0.6 is 15.9 Å². The molecule has 0 radical (unpaired) electrons. The highest BCUT2D eigenvalue weighted by molar-refractivity contribution is 9.10. The Morgan fingerprint density at radius 1 is 1.44 bits per heavy atom. The molecule has 2 N–H and O–H groups in total. The second-order valence-corrected chi connectivity index (χ2v) is 4.94. The van der Waals surface area contributed by atoms with E-state index < -0.39 is 0 Å². The van der Waals surface area contributed by atoms with Crippen LogP contribution in [0.4, 0.5) is 0 Å². The van der Waals surface area contributed by atoms with E-state index in [1.54, 1.807) is 0 Å². The second-order valence-electron chi connectivity index (χ2n) is 4.02. The fourth-order valence-corrected chi connectivity index (χ4v) is 1.80. The van der Waals surface area contributed by atoms with Gasteiger partial charge < -0.3 is 10.5 Å². The molecular weight excluding hydrogens is 270 g/mol. The molecule has 0 aliphatic rings. The number of benzene rings is 1. The third-order valence-electron chi connectivity index (χ3n) is 2.75. The maximum absolute atomic E-state index is 11.3. The topological polar surface area (TPSA) is 52.3 Å². The zero-order valence-electron chi connectivity index (χ0n) is 9.50. The van der Waals surface area contributed by atoms with Gasteiger partial charge in [-0.25, -0.2) is 0 Å². The molecule has 0 spiro atoms. The van der Waals surface area contributed by atoms with Crippen LogP contribution in [0.3, 0.4) is 0 Å². The van der Waals surface area contributed by atoms with Gasteiger partial charge in [-0.1, -0.05) is 35.0 Å². The van der Waals surface area contributed by atoms with Gasteiger partial charge in [-0.05, 0) is 17.7 Å². The molecule has 0 saturated heterocycles. The second kappa shape index (κ2) is 5.46. The van der Waals surface area contributed by atoms with Gasteiger partial charge in [-0.15, -0.1) is 0 Å². The molecule has 1 atom stereocenters. The summed E-state index contributed by atoms with van der Waals surface area (Å²) in [7, 11) is 1.39. The number of carbonyl (C=O) groups is 1. The molecule has 1 aromatic carbocycles. The lowest BCUT2D eigenvalue weighted by Crippen LogP contribution is -2.34. The lowest BCUT2D eigenvalue weighted by molar-refractivity contribution is -0.141. The van der Waals surface area contributed by atoms with Gasteiger partial charge in [0.1, 0.15) is 0 Å². The van der Waals surface area contributed by atoms with Gasteiger partial charge in [0.05, 0.1) is 13.5 Å². The Labute approximate surface area is 104 Å². The Bertz CT molecular complexity index is 364. The van der Waals surface area contributed by atoms with Crippen molar-refractivity contribution in [2.45, 2.75) is 18.8 Å². The van der Waals surface area contributed by atoms with Crippen LogP contribution in [-0.4, -0.2) is 19.6 Å². The van der Waals surface area contributed by atoms with E-state index in [0.717, 1.165) is 10.0 Å². The third-order valence-corrected chi connectivity index (χ3v) is 3.28. The molecular formula is C12H16BrNO2. The van der Waals surface area contributed by atoms with Crippen molar-refractivity contribution in [3.05, 3.63) is 34.3 Å². The molecule has 0 aliphatic carbocycles. The minimum absolute atomic E-state index is 0.240. The number of rotatable bonds is 4. The highest BCUT2D eigenvalue weighted by Gasteiger charge is 2.28. The van der Waals surface area contributed by atoms with Crippen LogP contribution in [0, 0.1) is 0 Å². The van der Waals surface area contributed by atoms with E-state index in [2.05, 4.69) is 20.7 Å². The number of ether oxygens (including phenoxy) is 1. The van der Waals surface area contributed by atoms with Crippen molar-refractivity contribution < 1.29 is 9.53 Å². The highest BCUT2D eigenvalue weighted by Crippen LogP contribution is 2.28. The van der Waals surface area contributed by atoms with Gasteiger partial charge in [-0.2, -0.15) is 0 Å². The molecule has 1 unspecified atom stereocenters. The Kier molecular flexibility index (Phi) is 4.50. The molecule has 1 aromatic rings. The molecule has 4 heteroatoms. The maximum Gasteiger partial charge on any atom is 0.306 e. The number of hydrogen-bond donors (Lipinski definition) is 1. The Morgan fingerprint density at radius 2 is 2.00 bits per heavy atom. The van der Waals surface area contributed by atoms with Gasteiger partial charge in [0.25, 0.3) is 0 Å². The van der Waals surface area contributed by atoms with E-state index in [4.69, 9.17) is 5.73 Å². The van der Waals surface area contributed by atoms with Crippen molar-refractivity contribution in [1.29, 1.82) is 0 Å². The first kappa shape index (κ1) is 13.2. The summed E-state index contributed by atoms with van der Waals surface area (Å²) in [5, 5.41) is 0. The summed E-state index contributed by atoms with van der Waals surface area (Å²) in [5.41, 5.74) is 6.44. The number of nitrogens with two attached hydrogens (primary N) is 1. The number of hydrogen-bond acceptors (Lipinski definition) is 3. The van der Waals surface area contributed by atoms with Gasteiger partial charge in [0.2, 0.25) is 0 Å². The minimum atomic E-state index is -0.367. The SMILES string of the molecule is COC(=O)CC(C)(CN)c1ccc(Br)cc1. The van der Waals surface area contributed by atoms with Crippen LogP contribution in [0.15, 0.2) is 28.7 Å². The van der Waals surface area contributed by atoms with Gasteiger partial charge in [-0.3, -0.25) is 4.79 Å². The highest BCUT2D eigenvalue weighted by atomic mass is 79.9. The van der Waals surface area contributed by atoms with E-state index >= 15 is 0 Å². The van der Waals surface area contributed by atoms with Crippen molar-refractivity contribution in [2.75, 3.05) is 13.7 Å². The molecule has 0 aromatic heterocycles. The van der Waals surface area contributed by atoms with Crippen molar-refractivity contribution in [3.8, 4) is 0 Å². The molecule has 0 bridgehead atoms. The average Bonchev–Trinajstić information content (AvgIpc) is 2.29. The molecule has 88 valence electrons. The Balaban J connectivity index is 2.95. The van der Waals surface area contributed by atoms with Crippen LogP contribution in [0.5, 0.6) is 0 Å². The summed E-state index contributed by atoms with van der Waals surface area (Å²) in [6.45, 7) is 2.37. The number of esters is 1. The third kappa shape index (κ3) is 3.06.